The molecular formula is C14H12O2. The Labute approximate surface area is 94.4 Å². The molecule has 2 aromatic carbocycles. The zero-order chi connectivity index (χ0) is 11.4. The lowest BCUT2D eigenvalue weighted by atomic mass is 10.2. The van der Waals surface area contributed by atoms with Crippen LogP contribution in [0, 0.1) is 0 Å². The van der Waals surface area contributed by atoms with Crippen LogP contribution in [0.3, 0.4) is 0 Å². The molecule has 2 heteroatoms. The van der Waals surface area contributed by atoms with E-state index in [0.717, 1.165) is 5.56 Å². The molecule has 0 aliphatic carbocycles. The molecule has 0 heterocycles. The van der Waals surface area contributed by atoms with Crippen molar-refractivity contribution in [3.63, 3.8) is 0 Å². The first-order valence-electron chi connectivity index (χ1n) is 4.98. The van der Waals surface area contributed by atoms with Gasteiger partial charge in [0, 0.05) is 0 Å². The second-order valence-electron chi connectivity index (χ2n) is 3.35. The molecule has 0 saturated carbocycles. The van der Waals surface area contributed by atoms with E-state index in [-0.39, 0.29) is 5.75 Å². The van der Waals surface area contributed by atoms with E-state index in [2.05, 4.69) is 6.58 Å². The topological polar surface area (TPSA) is 29.5 Å². The van der Waals surface area contributed by atoms with Crippen molar-refractivity contribution in [2.75, 3.05) is 0 Å². The normalized spacial score (nSPS) is 9.75. The fourth-order valence-electron chi connectivity index (χ4n) is 1.35. The van der Waals surface area contributed by atoms with Crippen LogP contribution in [-0.4, -0.2) is 5.11 Å². The summed E-state index contributed by atoms with van der Waals surface area (Å²) in [4.78, 5) is 0. The van der Waals surface area contributed by atoms with Gasteiger partial charge >= 0.3 is 0 Å². The molecule has 16 heavy (non-hydrogen) atoms. The largest absolute Gasteiger partial charge is 0.504 e. The number of rotatable bonds is 3. The second kappa shape index (κ2) is 4.53. The first kappa shape index (κ1) is 10.3. The number of phenolic OH excluding ortho intramolecular Hbond substituents is 1. The Hall–Kier alpha value is -2.22. The highest BCUT2D eigenvalue weighted by molar-refractivity contribution is 5.54. The molecule has 0 unspecified atom stereocenters. The smallest absolute Gasteiger partial charge is 0.169 e. The van der Waals surface area contributed by atoms with Crippen LogP contribution in [0.2, 0.25) is 0 Å². The van der Waals surface area contributed by atoms with Crippen molar-refractivity contribution >= 4 is 6.08 Å². The molecular weight excluding hydrogens is 200 g/mol. The number of hydrogen-bond donors (Lipinski definition) is 1. The van der Waals surface area contributed by atoms with Crippen LogP contribution in [0.5, 0.6) is 17.2 Å². The predicted molar refractivity (Wildman–Crippen MR) is 64.7 cm³/mol. The van der Waals surface area contributed by atoms with Crippen LogP contribution in [0.15, 0.2) is 55.1 Å². The maximum absolute atomic E-state index is 9.63. The van der Waals surface area contributed by atoms with Gasteiger partial charge in [-0.3, -0.25) is 0 Å². The summed E-state index contributed by atoms with van der Waals surface area (Å²) in [6, 6.07) is 14.4. The van der Waals surface area contributed by atoms with Gasteiger partial charge in [-0.25, -0.2) is 0 Å². The first-order chi connectivity index (χ1) is 7.79. The van der Waals surface area contributed by atoms with Crippen molar-refractivity contribution in [2.24, 2.45) is 0 Å². The molecule has 0 aromatic heterocycles. The zero-order valence-electron chi connectivity index (χ0n) is 8.76. The van der Waals surface area contributed by atoms with Crippen LogP contribution in [0.25, 0.3) is 6.08 Å². The van der Waals surface area contributed by atoms with E-state index in [0.29, 0.717) is 11.5 Å². The molecule has 2 aromatic rings. The van der Waals surface area contributed by atoms with Crippen molar-refractivity contribution in [1.29, 1.82) is 0 Å². The Balaban J connectivity index is 2.30. The minimum absolute atomic E-state index is 0.120. The molecule has 0 fully saturated rings. The molecule has 0 radical (unpaired) electrons. The fourth-order valence-corrected chi connectivity index (χ4v) is 1.35. The van der Waals surface area contributed by atoms with E-state index in [9.17, 15) is 5.11 Å². The van der Waals surface area contributed by atoms with Gasteiger partial charge in [0.1, 0.15) is 5.75 Å². The number of benzene rings is 2. The van der Waals surface area contributed by atoms with Crippen LogP contribution in [-0.2, 0) is 0 Å². The highest BCUT2D eigenvalue weighted by atomic mass is 16.5. The predicted octanol–water partition coefficient (Wildman–Crippen LogP) is 3.83. The third-order valence-electron chi connectivity index (χ3n) is 2.19. The average molecular weight is 212 g/mol. The second-order valence-corrected chi connectivity index (χ2v) is 3.35. The molecule has 1 N–H and O–H groups in total. The number of phenols is 1. The van der Waals surface area contributed by atoms with Gasteiger partial charge in [0.25, 0.3) is 0 Å². The molecule has 2 nitrogen and oxygen atoms in total. The molecule has 0 aliphatic heterocycles. The maximum Gasteiger partial charge on any atom is 0.169 e. The van der Waals surface area contributed by atoms with E-state index < -0.39 is 0 Å². The Kier molecular flexibility index (Phi) is 2.92. The summed E-state index contributed by atoms with van der Waals surface area (Å²) in [5.41, 5.74) is 0.906. The molecule has 0 spiro atoms. The van der Waals surface area contributed by atoms with Crippen LogP contribution < -0.4 is 4.74 Å². The summed E-state index contributed by atoms with van der Waals surface area (Å²) in [6.07, 6.45) is 1.71. The molecule has 0 saturated heterocycles. The minimum Gasteiger partial charge on any atom is -0.504 e. The van der Waals surface area contributed by atoms with Crippen molar-refractivity contribution < 1.29 is 9.84 Å². The van der Waals surface area contributed by atoms with Gasteiger partial charge in [0.15, 0.2) is 11.5 Å². The van der Waals surface area contributed by atoms with Crippen LogP contribution >= 0.6 is 0 Å². The van der Waals surface area contributed by atoms with Crippen LogP contribution in [0.1, 0.15) is 5.56 Å². The molecule has 2 rings (SSSR count). The fraction of sp³-hybridized carbons (Fsp3) is 0. The lowest BCUT2D eigenvalue weighted by Gasteiger charge is -2.08. The average Bonchev–Trinajstić information content (AvgIpc) is 2.33. The summed E-state index contributed by atoms with van der Waals surface area (Å²) < 4.78 is 5.55. The Morgan fingerprint density at radius 2 is 1.81 bits per heavy atom. The summed E-state index contributed by atoms with van der Waals surface area (Å²) in [5, 5.41) is 9.63. The molecule has 80 valence electrons. The summed E-state index contributed by atoms with van der Waals surface area (Å²) >= 11 is 0. The van der Waals surface area contributed by atoms with E-state index in [1.807, 2.05) is 30.3 Å². The Bertz CT molecular complexity index is 489. The third kappa shape index (κ3) is 2.23. The third-order valence-corrected chi connectivity index (χ3v) is 2.19. The Morgan fingerprint density at radius 3 is 2.50 bits per heavy atom. The summed E-state index contributed by atoms with van der Waals surface area (Å²) in [7, 11) is 0. The van der Waals surface area contributed by atoms with Crippen molar-refractivity contribution in [2.45, 2.75) is 0 Å². The lowest BCUT2D eigenvalue weighted by Crippen LogP contribution is -1.85. The standard InChI is InChI=1S/C14H12O2/c1-2-11-8-9-13(15)14(10-11)16-12-6-4-3-5-7-12/h2-10,15H,1H2. The van der Waals surface area contributed by atoms with Gasteiger partial charge in [-0.2, -0.15) is 0 Å². The van der Waals surface area contributed by atoms with Gasteiger partial charge in [-0.15, -0.1) is 0 Å². The number of ether oxygens (including phenoxy) is 1. The quantitative estimate of drug-likeness (QED) is 0.837. The number of para-hydroxylation sites is 1. The van der Waals surface area contributed by atoms with Gasteiger partial charge in [-0.1, -0.05) is 36.9 Å². The first-order valence-corrected chi connectivity index (χ1v) is 4.98. The number of hydrogen-bond acceptors (Lipinski definition) is 2. The number of aromatic hydroxyl groups is 1. The van der Waals surface area contributed by atoms with Gasteiger partial charge in [-0.05, 0) is 29.8 Å². The highest BCUT2D eigenvalue weighted by Gasteiger charge is 2.03. The Morgan fingerprint density at radius 1 is 1.06 bits per heavy atom. The molecule has 0 bridgehead atoms. The van der Waals surface area contributed by atoms with Gasteiger partial charge in [0.05, 0.1) is 0 Å². The van der Waals surface area contributed by atoms with E-state index >= 15 is 0 Å². The molecule has 0 atom stereocenters. The monoisotopic (exact) mass is 212 g/mol. The lowest BCUT2D eigenvalue weighted by molar-refractivity contribution is 0.411. The highest BCUT2D eigenvalue weighted by Crippen LogP contribution is 2.31. The van der Waals surface area contributed by atoms with E-state index in [1.54, 1.807) is 24.3 Å². The van der Waals surface area contributed by atoms with Crippen molar-refractivity contribution in [1.82, 2.24) is 0 Å². The maximum atomic E-state index is 9.63. The zero-order valence-corrected chi connectivity index (χ0v) is 8.76. The minimum atomic E-state index is 0.120. The molecule has 0 amide bonds. The van der Waals surface area contributed by atoms with Crippen molar-refractivity contribution in [3.8, 4) is 17.2 Å². The molecule has 0 aliphatic rings. The van der Waals surface area contributed by atoms with E-state index in [1.165, 1.54) is 0 Å². The van der Waals surface area contributed by atoms with Gasteiger partial charge < -0.3 is 9.84 Å². The SMILES string of the molecule is C=Cc1ccc(O)c(Oc2ccccc2)c1. The summed E-state index contributed by atoms with van der Waals surface area (Å²) in [6.45, 7) is 3.67. The van der Waals surface area contributed by atoms with Gasteiger partial charge in [0.2, 0.25) is 0 Å². The van der Waals surface area contributed by atoms with E-state index in [4.69, 9.17) is 4.74 Å². The summed E-state index contributed by atoms with van der Waals surface area (Å²) in [5.74, 6) is 1.25. The van der Waals surface area contributed by atoms with Crippen molar-refractivity contribution in [3.05, 3.63) is 60.7 Å². The van der Waals surface area contributed by atoms with Crippen LogP contribution in [0.4, 0.5) is 0 Å².